The highest BCUT2D eigenvalue weighted by atomic mass is 32.2. The van der Waals surface area contributed by atoms with Crippen LogP contribution in [-0.2, 0) is 18.5 Å². The second kappa shape index (κ2) is 8.29. The van der Waals surface area contributed by atoms with Gasteiger partial charge in [-0.3, -0.25) is 4.57 Å². The predicted molar refractivity (Wildman–Crippen MR) is 115 cm³/mol. The van der Waals surface area contributed by atoms with E-state index in [0.717, 1.165) is 34.6 Å². The first-order chi connectivity index (χ1) is 14.0. The predicted octanol–water partition coefficient (Wildman–Crippen LogP) is 4.87. The number of aromatic nitrogens is 5. The van der Waals surface area contributed by atoms with Crippen LogP contribution >= 0.6 is 11.8 Å². The van der Waals surface area contributed by atoms with Gasteiger partial charge < -0.3 is 8.98 Å². The van der Waals surface area contributed by atoms with Gasteiger partial charge in [-0.2, -0.15) is 0 Å². The van der Waals surface area contributed by atoms with Crippen molar-refractivity contribution in [2.45, 2.75) is 44.4 Å². The van der Waals surface area contributed by atoms with E-state index in [4.69, 9.17) is 4.42 Å². The molecule has 29 heavy (non-hydrogen) atoms. The molecule has 0 saturated carbocycles. The molecular weight excluding hydrogens is 382 g/mol. The molecule has 0 unspecified atom stereocenters. The molecular formula is C22H25N5OS. The van der Waals surface area contributed by atoms with Crippen LogP contribution in [0.2, 0.25) is 0 Å². The monoisotopic (exact) mass is 407 g/mol. The summed E-state index contributed by atoms with van der Waals surface area (Å²) in [4.78, 5) is 4.09. The van der Waals surface area contributed by atoms with E-state index in [1.807, 2.05) is 24.7 Å². The zero-order valence-electron chi connectivity index (χ0n) is 16.9. The van der Waals surface area contributed by atoms with Gasteiger partial charge in [0.25, 0.3) is 0 Å². The lowest BCUT2D eigenvalue weighted by molar-refractivity contribution is 0.485. The molecule has 0 aliphatic heterocycles. The average Bonchev–Trinajstić information content (AvgIpc) is 3.45. The Morgan fingerprint density at radius 1 is 1.07 bits per heavy atom. The molecule has 1 aromatic carbocycles. The number of aryl methyl sites for hydroxylation is 1. The molecule has 150 valence electrons. The van der Waals surface area contributed by atoms with Gasteiger partial charge in [0.1, 0.15) is 5.76 Å². The van der Waals surface area contributed by atoms with Crippen LogP contribution in [0.3, 0.4) is 0 Å². The average molecular weight is 408 g/mol. The zero-order valence-corrected chi connectivity index (χ0v) is 17.8. The summed E-state index contributed by atoms with van der Waals surface area (Å²) in [5.74, 6) is 2.62. The summed E-state index contributed by atoms with van der Waals surface area (Å²) >= 11 is 1.69. The van der Waals surface area contributed by atoms with Gasteiger partial charge in [0.2, 0.25) is 0 Å². The fourth-order valence-electron chi connectivity index (χ4n) is 3.09. The number of thioether (sulfide) groups is 1. The number of imidazole rings is 1. The fraction of sp³-hybridized carbons (Fsp3) is 0.318. The second-order valence-corrected chi connectivity index (χ2v) is 9.01. The Balaban J connectivity index is 1.59. The molecule has 4 rings (SSSR count). The summed E-state index contributed by atoms with van der Waals surface area (Å²) in [7, 11) is 0. The minimum Gasteiger partial charge on any atom is -0.467 e. The van der Waals surface area contributed by atoms with Crippen molar-refractivity contribution < 1.29 is 4.42 Å². The van der Waals surface area contributed by atoms with Crippen molar-refractivity contribution >= 4 is 11.8 Å². The van der Waals surface area contributed by atoms with E-state index in [1.165, 1.54) is 5.56 Å². The number of rotatable bonds is 7. The van der Waals surface area contributed by atoms with Gasteiger partial charge in [-0.15, -0.1) is 10.2 Å². The topological polar surface area (TPSA) is 61.7 Å². The maximum atomic E-state index is 5.58. The van der Waals surface area contributed by atoms with Crippen molar-refractivity contribution in [3.05, 3.63) is 72.7 Å². The van der Waals surface area contributed by atoms with Crippen molar-refractivity contribution in [2.24, 2.45) is 0 Å². The first-order valence-electron chi connectivity index (χ1n) is 9.66. The summed E-state index contributed by atoms with van der Waals surface area (Å²) in [6.07, 6.45) is 7.29. The van der Waals surface area contributed by atoms with Crippen LogP contribution in [-0.4, -0.2) is 30.1 Å². The van der Waals surface area contributed by atoms with E-state index >= 15 is 0 Å². The molecule has 0 N–H and O–H groups in total. The van der Waals surface area contributed by atoms with Crippen LogP contribution in [0.5, 0.6) is 0 Å². The van der Waals surface area contributed by atoms with Crippen molar-refractivity contribution in [1.29, 1.82) is 0 Å². The normalized spacial score (nSPS) is 11.8. The van der Waals surface area contributed by atoms with Crippen molar-refractivity contribution in [1.82, 2.24) is 24.3 Å². The van der Waals surface area contributed by atoms with Gasteiger partial charge in [-0.25, -0.2) is 4.98 Å². The highest BCUT2D eigenvalue weighted by molar-refractivity contribution is 7.99. The Morgan fingerprint density at radius 3 is 2.55 bits per heavy atom. The lowest BCUT2D eigenvalue weighted by Gasteiger charge is -2.19. The van der Waals surface area contributed by atoms with Gasteiger partial charge in [-0.05, 0) is 23.1 Å². The second-order valence-electron chi connectivity index (χ2n) is 7.95. The maximum Gasteiger partial charge on any atom is 0.191 e. The van der Waals surface area contributed by atoms with E-state index in [2.05, 4.69) is 69.4 Å². The first kappa shape index (κ1) is 19.5. The van der Waals surface area contributed by atoms with E-state index in [9.17, 15) is 0 Å². The molecule has 3 aromatic heterocycles. The molecule has 4 aromatic rings. The molecule has 0 aliphatic rings. The summed E-state index contributed by atoms with van der Waals surface area (Å²) in [5, 5.41) is 9.86. The first-order valence-corrected chi connectivity index (χ1v) is 10.6. The number of benzene rings is 1. The quantitative estimate of drug-likeness (QED) is 0.409. The molecule has 0 amide bonds. The molecule has 0 radical (unpaired) electrons. The Kier molecular flexibility index (Phi) is 5.58. The van der Waals surface area contributed by atoms with E-state index in [1.54, 1.807) is 24.2 Å². The molecule has 0 saturated heterocycles. The van der Waals surface area contributed by atoms with Crippen molar-refractivity contribution in [3.8, 4) is 11.4 Å². The van der Waals surface area contributed by atoms with Crippen molar-refractivity contribution in [3.63, 3.8) is 0 Å². The lowest BCUT2D eigenvalue weighted by atomic mass is 9.87. The maximum absolute atomic E-state index is 5.58. The Morgan fingerprint density at radius 2 is 1.90 bits per heavy atom. The van der Waals surface area contributed by atoms with E-state index < -0.39 is 0 Å². The van der Waals surface area contributed by atoms with Gasteiger partial charge >= 0.3 is 0 Å². The van der Waals surface area contributed by atoms with Crippen LogP contribution in [0, 0.1) is 0 Å². The fourth-order valence-corrected chi connectivity index (χ4v) is 3.98. The molecule has 0 spiro atoms. The lowest BCUT2D eigenvalue weighted by Crippen LogP contribution is -2.10. The van der Waals surface area contributed by atoms with E-state index in [0.29, 0.717) is 6.54 Å². The summed E-state index contributed by atoms with van der Waals surface area (Å²) in [5.41, 5.74) is 2.47. The minimum absolute atomic E-state index is 0.120. The Hall–Kier alpha value is -2.80. The third-order valence-electron chi connectivity index (χ3n) is 4.76. The smallest absolute Gasteiger partial charge is 0.191 e. The molecule has 0 fully saturated rings. The molecule has 0 atom stereocenters. The third-order valence-corrected chi connectivity index (χ3v) is 5.71. The summed E-state index contributed by atoms with van der Waals surface area (Å²) in [6.45, 7) is 8.13. The standard InChI is InChI=1S/C22H25N5OS/c1-22(2,3)18-8-6-17(7-9-18)20-24-25-21(27(20)15-19-5-4-13-28-19)29-14-12-26-11-10-23-16-26/h4-11,13,16H,12,14-15H2,1-3H3. The van der Waals surface area contributed by atoms with Gasteiger partial charge in [-0.1, -0.05) is 56.8 Å². The van der Waals surface area contributed by atoms with Crippen LogP contribution in [0.25, 0.3) is 11.4 Å². The number of hydrogen-bond donors (Lipinski definition) is 0. The zero-order chi connectivity index (χ0) is 20.3. The largest absolute Gasteiger partial charge is 0.467 e. The highest BCUT2D eigenvalue weighted by Gasteiger charge is 2.18. The van der Waals surface area contributed by atoms with Crippen molar-refractivity contribution in [2.75, 3.05) is 5.75 Å². The highest BCUT2D eigenvalue weighted by Crippen LogP contribution is 2.28. The molecule has 6 nitrogen and oxygen atoms in total. The van der Waals surface area contributed by atoms with E-state index in [-0.39, 0.29) is 5.41 Å². The Bertz CT molecular complexity index is 1030. The minimum atomic E-state index is 0.120. The number of furan rings is 1. The molecule has 0 aliphatic carbocycles. The number of nitrogens with zero attached hydrogens (tertiary/aromatic N) is 5. The number of hydrogen-bond acceptors (Lipinski definition) is 5. The molecule has 0 bridgehead atoms. The summed E-state index contributed by atoms with van der Waals surface area (Å²) in [6, 6.07) is 12.5. The molecule has 3 heterocycles. The van der Waals surface area contributed by atoms with Crippen LogP contribution in [0.15, 0.2) is 71.0 Å². The third kappa shape index (κ3) is 4.62. The van der Waals surface area contributed by atoms with Gasteiger partial charge in [0, 0.05) is 30.3 Å². The van der Waals surface area contributed by atoms with Gasteiger partial charge in [0.15, 0.2) is 11.0 Å². The Labute approximate surface area is 175 Å². The SMILES string of the molecule is CC(C)(C)c1ccc(-c2nnc(SCCn3ccnc3)n2Cc2ccco2)cc1. The van der Waals surface area contributed by atoms with Crippen LogP contribution in [0.1, 0.15) is 32.1 Å². The van der Waals surface area contributed by atoms with Crippen LogP contribution < -0.4 is 0 Å². The summed E-state index contributed by atoms with van der Waals surface area (Å²) < 4.78 is 9.77. The van der Waals surface area contributed by atoms with Crippen LogP contribution in [0.4, 0.5) is 0 Å². The van der Waals surface area contributed by atoms with Gasteiger partial charge in [0.05, 0.1) is 19.1 Å². The molecule has 7 heteroatoms.